The van der Waals surface area contributed by atoms with E-state index < -0.39 is 0 Å². The molecular formula is C14H21FN2. The highest BCUT2D eigenvalue weighted by Gasteiger charge is 2.24. The van der Waals surface area contributed by atoms with E-state index >= 15 is 0 Å². The summed E-state index contributed by atoms with van der Waals surface area (Å²) in [4.78, 5) is 2.39. The molecule has 1 aromatic carbocycles. The fourth-order valence-corrected chi connectivity index (χ4v) is 2.48. The van der Waals surface area contributed by atoms with Crippen LogP contribution < -0.4 is 10.2 Å². The summed E-state index contributed by atoms with van der Waals surface area (Å²) >= 11 is 0. The monoisotopic (exact) mass is 236 g/mol. The smallest absolute Gasteiger partial charge is 0.123 e. The van der Waals surface area contributed by atoms with E-state index in [1.807, 2.05) is 13.0 Å². The topological polar surface area (TPSA) is 15.3 Å². The van der Waals surface area contributed by atoms with Crippen LogP contribution in [0.2, 0.25) is 0 Å². The van der Waals surface area contributed by atoms with E-state index in [-0.39, 0.29) is 5.82 Å². The molecule has 3 heteroatoms. The van der Waals surface area contributed by atoms with Crippen LogP contribution in [0, 0.1) is 12.7 Å². The molecule has 2 unspecified atom stereocenters. The van der Waals surface area contributed by atoms with Crippen LogP contribution in [0.3, 0.4) is 0 Å². The second kappa shape index (κ2) is 5.05. The number of benzene rings is 1. The number of nitrogens with zero attached hydrogens (tertiary/aromatic N) is 1. The summed E-state index contributed by atoms with van der Waals surface area (Å²) in [5, 5.41) is 3.53. The number of hydrogen-bond donors (Lipinski definition) is 1. The zero-order valence-electron chi connectivity index (χ0n) is 10.8. The lowest BCUT2D eigenvalue weighted by atomic mass is 10.0. The van der Waals surface area contributed by atoms with Crippen molar-refractivity contribution in [3.63, 3.8) is 0 Å². The van der Waals surface area contributed by atoms with Crippen molar-refractivity contribution >= 4 is 5.69 Å². The van der Waals surface area contributed by atoms with Gasteiger partial charge in [-0.25, -0.2) is 4.39 Å². The van der Waals surface area contributed by atoms with Gasteiger partial charge in [0.1, 0.15) is 5.82 Å². The van der Waals surface area contributed by atoms with E-state index in [9.17, 15) is 4.39 Å². The zero-order valence-corrected chi connectivity index (χ0v) is 10.8. The Morgan fingerprint density at radius 1 is 1.47 bits per heavy atom. The molecule has 1 N–H and O–H groups in total. The van der Waals surface area contributed by atoms with Crippen LogP contribution in [-0.2, 0) is 0 Å². The van der Waals surface area contributed by atoms with E-state index in [1.165, 1.54) is 5.69 Å². The third-order valence-electron chi connectivity index (χ3n) is 3.61. The van der Waals surface area contributed by atoms with Gasteiger partial charge in [-0.1, -0.05) is 6.92 Å². The Morgan fingerprint density at radius 2 is 2.24 bits per heavy atom. The predicted molar refractivity (Wildman–Crippen MR) is 70.0 cm³/mol. The van der Waals surface area contributed by atoms with Gasteiger partial charge in [0.2, 0.25) is 0 Å². The largest absolute Gasteiger partial charge is 0.366 e. The van der Waals surface area contributed by atoms with Crippen LogP contribution in [0.15, 0.2) is 18.2 Å². The molecular weight excluding hydrogens is 215 g/mol. The fourth-order valence-electron chi connectivity index (χ4n) is 2.48. The lowest BCUT2D eigenvalue weighted by Crippen LogP contribution is -2.55. The summed E-state index contributed by atoms with van der Waals surface area (Å²) in [6, 6.07) is 6.07. The zero-order chi connectivity index (χ0) is 12.4. The Labute approximate surface area is 103 Å². The van der Waals surface area contributed by atoms with E-state index in [0.29, 0.717) is 12.1 Å². The Morgan fingerprint density at radius 3 is 2.88 bits per heavy atom. The van der Waals surface area contributed by atoms with Crippen molar-refractivity contribution in [2.45, 2.75) is 39.3 Å². The van der Waals surface area contributed by atoms with Crippen LogP contribution >= 0.6 is 0 Å². The number of piperazine rings is 1. The van der Waals surface area contributed by atoms with Crippen molar-refractivity contribution in [2.24, 2.45) is 0 Å². The third-order valence-corrected chi connectivity index (χ3v) is 3.61. The van der Waals surface area contributed by atoms with Gasteiger partial charge in [0.15, 0.2) is 0 Å². The molecule has 94 valence electrons. The molecule has 1 heterocycles. The first kappa shape index (κ1) is 12.4. The lowest BCUT2D eigenvalue weighted by Gasteiger charge is -2.41. The number of halogens is 1. The van der Waals surface area contributed by atoms with Crippen LogP contribution in [0.5, 0.6) is 0 Å². The lowest BCUT2D eigenvalue weighted by molar-refractivity contribution is 0.397. The molecule has 0 spiro atoms. The molecule has 0 aromatic heterocycles. The SMILES string of the molecule is CCC1CN(c2ccc(F)cc2C)C(C)CN1. The summed E-state index contributed by atoms with van der Waals surface area (Å²) in [7, 11) is 0. The van der Waals surface area contributed by atoms with E-state index in [1.54, 1.807) is 12.1 Å². The minimum atomic E-state index is -0.152. The Kier molecular flexibility index (Phi) is 3.67. The second-order valence-electron chi connectivity index (χ2n) is 4.95. The maximum atomic E-state index is 13.1. The Balaban J connectivity index is 2.24. The standard InChI is InChI=1S/C14H21FN2/c1-4-13-9-17(11(3)8-16-13)14-6-5-12(15)7-10(14)2/h5-7,11,13,16H,4,8-9H2,1-3H3. The van der Waals surface area contributed by atoms with Gasteiger partial charge in [-0.2, -0.15) is 0 Å². The average Bonchev–Trinajstić information content (AvgIpc) is 2.30. The third kappa shape index (κ3) is 2.60. The van der Waals surface area contributed by atoms with Gasteiger partial charge < -0.3 is 10.2 Å². The summed E-state index contributed by atoms with van der Waals surface area (Å²) in [6.07, 6.45) is 1.13. The van der Waals surface area contributed by atoms with Crippen molar-refractivity contribution < 1.29 is 4.39 Å². The van der Waals surface area contributed by atoms with Gasteiger partial charge in [-0.3, -0.25) is 0 Å². The molecule has 1 aliphatic rings. The molecule has 1 aliphatic heterocycles. The number of aryl methyl sites for hydroxylation is 1. The molecule has 0 amide bonds. The first-order chi connectivity index (χ1) is 8.11. The summed E-state index contributed by atoms with van der Waals surface area (Å²) in [5.41, 5.74) is 2.19. The Bertz CT molecular complexity index is 392. The maximum Gasteiger partial charge on any atom is 0.123 e. The molecule has 1 aromatic rings. The number of hydrogen-bond acceptors (Lipinski definition) is 2. The minimum absolute atomic E-state index is 0.152. The normalized spacial score (nSPS) is 25.1. The van der Waals surface area contributed by atoms with Crippen molar-refractivity contribution in [3.8, 4) is 0 Å². The average molecular weight is 236 g/mol. The van der Waals surface area contributed by atoms with Gasteiger partial charge in [0.05, 0.1) is 0 Å². The van der Waals surface area contributed by atoms with E-state index in [4.69, 9.17) is 0 Å². The van der Waals surface area contributed by atoms with Crippen LogP contribution in [0.25, 0.3) is 0 Å². The Hall–Kier alpha value is -1.09. The highest BCUT2D eigenvalue weighted by atomic mass is 19.1. The molecule has 0 bridgehead atoms. The molecule has 2 rings (SSSR count). The molecule has 0 radical (unpaired) electrons. The number of rotatable bonds is 2. The minimum Gasteiger partial charge on any atom is -0.366 e. The van der Waals surface area contributed by atoms with E-state index in [0.717, 1.165) is 25.1 Å². The highest BCUT2D eigenvalue weighted by Crippen LogP contribution is 2.25. The molecule has 2 nitrogen and oxygen atoms in total. The first-order valence-electron chi connectivity index (χ1n) is 6.38. The van der Waals surface area contributed by atoms with Crippen LogP contribution in [0.4, 0.5) is 10.1 Å². The maximum absolute atomic E-state index is 13.1. The number of nitrogens with one attached hydrogen (secondary N) is 1. The molecule has 0 aliphatic carbocycles. The van der Waals surface area contributed by atoms with Crippen molar-refractivity contribution in [3.05, 3.63) is 29.6 Å². The van der Waals surface area contributed by atoms with Gasteiger partial charge in [-0.15, -0.1) is 0 Å². The number of anilines is 1. The summed E-state index contributed by atoms with van der Waals surface area (Å²) in [6.45, 7) is 8.39. The van der Waals surface area contributed by atoms with Gasteiger partial charge in [0.25, 0.3) is 0 Å². The van der Waals surface area contributed by atoms with Crippen molar-refractivity contribution in [2.75, 3.05) is 18.0 Å². The quantitative estimate of drug-likeness (QED) is 0.849. The fraction of sp³-hybridized carbons (Fsp3) is 0.571. The molecule has 2 atom stereocenters. The first-order valence-corrected chi connectivity index (χ1v) is 6.38. The van der Waals surface area contributed by atoms with Crippen LogP contribution in [0.1, 0.15) is 25.8 Å². The van der Waals surface area contributed by atoms with Gasteiger partial charge in [0, 0.05) is 30.9 Å². The molecule has 17 heavy (non-hydrogen) atoms. The highest BCUT2D eigenvalue weighted by molar-refractivity contribution is 5.54. The predicted octanol–water partition coefficient (Wildman–Crippen LogP) is 2.71. The molecule has 1 saturated heterocycles. The summed E-state index contributed by atoms with van der Waals surface area (Å²) in [5.74, 6) is -0.152. The van der Waals surface area contributed by atoms with Gasteiger partial charge in [-0.05, 0) is 44.0 Å². The van der Waals surface area contributed by atoms with E-state index in [2.05, 4.69) is 24.1 Å². The molecule has 0 saturated carbocycles. The summed E-state index contributed by atoms with van der Waals surface area (Å²) < 4.78 is 13.1. The second-order valence-corrected chi connectivity index (χ2v) is 4.95. The van der Waals surface area contributed by atoms with Crippen LogP contribution in [-0.4, -0.2) is 25.2 Å². The molecule has 1 fully saturated rings. The van der Waals surface area contributed by atoms with Gasteiger partial charge >= 0.3 is 0 Å². The van der Waals surface area contributed by atoms with Crippen molar-refractivity contribution in [1.29, 1.82) is 0 Å². The van der Waals surface area contributed by atoms with Crippen molar-refractivity contribution in [1.82, 2.24) is 5.32 Å².